The second-order valence-electron chi connectivity index (χ2n) is 18.3. The van der Waals surface area contributed by atoms with Gasteiger partial charge >= 0.3 is 29.8 Å². The summed E-state index contributed by atoms with van der Waals surface area (Å²) in [6, 6.07) is 0. The maximum absolute atomic E-state index is 11.9. The fraction of sp³-hybridized carbons (Fsp3) is 0.518. The molecule has 0 unspecified atom stereocenters. The molecule has 26 heteroatoms. The monoisotopic (exact) mass is 1210 g/mol. The molecule has 0 bridgehead atoms. The van der Waals surface area contributed by atoms with Crippen LogP contribution in [0.1, 0.15) is 127 Å². The summed E-state index contributed by atoms with van der Waals surface area (Å²) < 4.78 is 9.80. The van der Waals surface area contributed by atoms with Crippen LogP contribution >= 0.6 is 23.2 Å². The molecule has 5 N–H and O–H groups in total. The van der Waals surface area contributed by atoms with Gasteiger partial charge in [0.05, 0.1) is 37.5 Å². The second-order valence-corrected chi connectivity index (χ2v) is 19.0. The smallest absolute Gasteiger partial charge is 0.333 e. The molecule has 6 aliphatic rings. The first-order valence-electron chi connectivity index (χ1n) is 24.4. The molecule has 0 aromatic rings. The standard InChI is InChI=1S/C13H17NO4.C8H11ClO.C8H9NO4.C8H12O2.C5H7NO3.C5H8.C4H6O5.C3H3ClO.2CH4.FH.H2/c1-8-3-5-9(6-4-8)13(17)18-10-7-11(15)14(2)12(10)16;1-6-2-4-7(5-3-6)8(9)10;1-3-7(11)13-5-4-6(10)9(2)8(5)12;1-6-2-4-7(5-3-6)8(9)10;1-6-4(8)2-3(7)5(6)9;1-4-5(2)3;5-2(4(8)9)1-3(6)7;1-2-3(4)5;;;;/h3,9-10H,4-7H2,1-2H3;2,7H,3-5H2,1H3;3,5H,1,4H2,2H3;2,7H,3-5H2,1H3,(H,9,10);3,7H,2H2,1H3;4H,1-2H2,3H3;2,5H,1H2,(H,6,7)(H,8,9);2H,1H2;2*1H4;2*1H/t9-,10-;7-;5-;7-;3-;;2-;;;;;/m00000.0...../s1/i;;;;;;;;;;;1+1. The first kappa shape index (κ1) is 83.5. The lowest BCUT2D eigenvalue weighted by Crippen LogP contribution is -2.32. The van der Waals surface area contributed by atoms with Crippen molar-refractivity contribution in [1.82, 2.24) is 14.7 Å². The zero-order valence-corrected chi connectivity index (χ0v) is 47.4. The Balaban J connectivity index is -0.000000209. The van der Waals surface area contributed by atoms with Crippen molar-refractivity contribution in [3.05, 3.63) is 85.1 Å². The van der Waals surface area contributed by atoms with Crippen LogP contribution in [0.15, 0.2) is 85.1 Å². The summed E-state index contributed by atoms with van der Waals surface area (Å²) >= 11 is 10.0. The Kier molecular flexibility index (Phi) is 44.3. The number of carboxylic acid groups (broad SMARTS) is 3. The molecule has 6 rings (SSSR count). The Labute approximate surface area is 489 Å². The number of likely N-dealkylation sites (N-methyl/N-ethyl adjacent to an activating group) is 3. The summed E-state index contributed by atoms with van der Waals surface area (Å²) in [6.45, 7) is 21.4. The lowest BCUT2D eigenvalue weighted by atomic mass is 9.90. The topological polar surface area (TPSA) is 351 Å². The van der Waals surface area contributed by atoms with E-state index in [0.29, 0.717) is 6.42 Å². The van der Waals surface area contributed by atoms with Gasteiger partial charge in [0.15, 0.2) is 18.3 Å². The van der Waals surface area contributed by atoms with E-state index in [-0.39, 0.29) is 86.9 Å². The average Bonchev–Trinajstić information content (AvgIpc) is 3.88. The Bertz CT molecular complexity index is 2350. The summed E-state index contributed by atoms with van der Waals surface area (Å²) in [4.78, 5) is 142. The Hall–Kier alpha value is -7.28. The average molecular weight is 1210 g/mol. The van der Waals surface area contributed by atoms with Crippen molar-refractivity contribution < 1.29 is 103 Å². The number of aliphatic hydroxyl groups excluding tert-OH is 2. The van der Waals surface area contributed by atoms with Crippen molar-refractivity contribution in [3.63, 3.8) is 0 Å². The van der Waals surface area contributed by atoms with Crippen LogP contribution in [0.25, 0.3) is 0 Å². The lowest BCUT2D eigenvalue weighted by Gasteiger charge is -2.20. The van der Waals surface area contributed by atoms with Gasteiger partial charge < -0.3 is 35.0 Å². The van der Waals surface area contributed by atoms with Crippen molar-refractivity contribution in [3.8, 4) is 0 Å². The van der Waals surface area contributed by atoms with E-state index in [2.05, 4.69) is 51.0 Å². The van der Waals surface area contributed by atoms with Crippen molar-refractivity contribution in [2.75, 3.05) is 21.1 Å². The number of carbonyl (C=O) groups is 13. The zero-order valence-electron chi connectivity index (χ0n) is 45.9. The number of hydrogen-bond donors (Lipinski definition) is 5. The molecule has 0 aromatic carbocycles. The Morgan fingerprint density at radius 1 is 0.646 bits per heavy atom. The molecule has 3 aliphatic heterocycles. The van der Waals surface area contributed by atoms with Gasteiger partial charge in [-0.05, 0) is 115 Å². The van der Waals surface area contributed by atoms with Gasteiger partial charge in [-0.1, -0.05) is 87.8 Å². The van der Waals surface area contributed by atoms with E-state index < -0.39 is 77.7 Å². The molecule has 6 amide bonds. The van der Waals surface area contributed by atoms with Crippen molar-refractivity contribution >= 4 is 99.0 Å². The van der Waals surface area contributed by atoms with E-state index in [4.69, 9.17) is 53.5 Å². The molecule has 0 saturated carbocycles. The van der Waals surface area contributed by atoms with Crippen LogP contribution < -0.4 is 0 Å². The minimum absolute atomic E-state index is 0. The normalized spacial score (nSPS) is 21.2. The SMILES string of the molecule is C.C.C=CC(=C)C.C=CC(=O)Cl.C=CC(=O)O[C@H]1CC(=O)N(C)C1=O.CC1=CC[C@H](C(=O)Cl)CC1.CC1=CC[C@H](C(=O)O)CC1.CC1=CC[C@H](C(=O)O[C@H]2CC(=O)N(C)C2=O)CC1.CN1C(=O)C[C@H](O)C1=O.F.O=C(O)C[C@H](O)C(=O)O.[2HH]. The molecule has 3 fully saturated rings. The van der Waals surface area contributed by atoms with Crippen LogP contribution in [0.4, 0.5) is 4.70 Å². The predicted molar refractivity (Wildman–Crippen MR) is 305 cm³/mol. The maximum atomic E-state index is 11.9. The van der Waals surface area contributed by atoms with Crippen LogP contribution in [0, 0.1) is 17.8 Å². The number of allylic oxidation sites excluding steroid dienone is 9. The minimum Gasteiger partial charge on any atom is -0.481 e. The largest absolute Gasteiger partial charge is 0.481 e. The summed E-state index contributed by atoms with van der Waals surface area (Å²) in [7, 11) is 4.12. The van der Waals surface area contributed by atoms with E-state index in [1.54, 1.807) is 6.08 Å². The third kappa shape index (κ3) is 34.1. The van der Waals surface area contributed by atoms with Gasteiger partial charge in [-0.15, -0.1) is 0 Å². The van der Waals surface area contributed by atoms with Gasteiger partial charge in [-0.3, -0.25) is 72.1 Å². The molecule has 3 saturated heterocycles. The molecule has 82 heavy (non-hydrogen) atoms. The van der Waals surface area contributed by atoms with Crippen LogP contribution in [-0.4, -0.2) is 162 Å². The van der Waals surface area contributed by atoms with E-state index in [0.717, 1.165) is 83.8 Å². The number of likely N-dealkylation sites (tertiary alicyclic amines) is 3. The van der Waals surface area contributed by atoms with Gasteiger partial charge in [0, 0.05) is 34.6 Å². The van der Waals surface area contributed by atoms with E-state index in [1.807, 2.05) is 26.0 Å². The maximum Gasteiger partial charge on any atom is 0.333 e. The fourth-order valence-electron chi connectivity index (χ4n) is 6.58. The van der Waals surface area contributed by atoms with Crippen molar-refractivity contribution in [2.24, 2.45) is 17.8 Å². The number of imide groups is 3. The second kappa shape index (κ2) is 43.5. The number of nitrogens with zero attached hydrogens (tertiary/aromatic N) is 3. The number of esters is 2. The molecule has 7 atom stereocenters. The van der Waals surface area contributed by atoms with E-state index in [9.17, 15) is 62.3 Å². The molecule has 0 spiro atoms. The van der Waals surface area contributed by atoms with E-state index >= 15 is 0 Å². The van der Waals surface area contributed by atoms with Crippen LogP contribution in [0.5, 0.6) is 0 Å². The van der Waals surface area contributed by atoms with E-state index in [1.165, 1.54) is 37.9 Å². The number of carbonyl (C=O) groups excluding carboxylic acids is 10. The van der Waals surface area contributed by atoms with Gasteiger partial charge in [0.1, 0.15) is 6.10 Å². The predicted octanol–water partition coefficient (Wildman–Crippen LogP) is 6.82. The van der Waals surface area contributed by atoms with Gasteiger partial charge in [0.2, 0.25) is 28.2 Å². The van der Waals surface area contributed by atoms with Gasteiger partial charge in [0.25, 0.3) is 17.7 Å². The highest BCUT2D eigenvalue weighted by Gasteiger charge is 2.40. The summed E-state index contributed by atoms with van der Waals surface area (Å²) in [6.07, 6.45) is 11.8. The lowest BCUT2D eigenvalue weighted by molar-refractivity contribution is -0.160. The molecule has 464 valence electrons. The van der Waals surface area contributed by atoms with Crippen LogP contribution in [-0.2, 0) is 71.8 Å². The summed E-state index contributed by atoms with van der Waals surface area (Å²) in [5.41, 5.74) is 5.02. The number of rotatable bonds is 11. The van der Waals surface area contributed by atoms with Crippen molar-refractivity contribution in [1.29, 1.82) is 0 Å². The Morgan fingerprint density at radius 3 is 1.22 bits per heavy atom. The summed E-state index contributed by atoms with van der Waals surface area (Å²) in [5, 5.41) is 40.8. The molecule has 0 radical (unpaired) electrons. The fourth-order valence-corrected chi connectivity index (χ4v) is 6.78. The number of halogens is 3. The molecule has 23 nitrogen and oxygen atoms in total. The highest BCUT2D eigenvalue weighted by molar-refractivity contribution is 6.66. The highest BCUT2D eigenvalue weighted by Crippen LogP contribution is 2.27. The highest BCUT2D eigenvalue weighted by atomic mass is 35.5. The third-order valence-corrected chi connectivity index (χ3v) is 12.3. The summed E-state index contributed by atoms with van der Waals surface area (Å²) in [5.74, 6) is -7.11. The number of ether oxygens (including phenoxy) is 2. The molecule has 3 aliphatic carbocycles. The molecule has 3 heterocycles. The first-order chi connectivity index (χ1) is 36.6. The number of aliphatic hydroxyl groups is 2. The van der Waals surface area contributed by atoms with Crippen LogP contribution in [0.3, 0.4) is 0 Å². The Morgan fingerprint density at radius 2 is 1.00 bits per heavy atom. The number of hydrogen-bond acceptors (Lipinski definition) is 17. The number of aliphatic carboxylic acids is 3. The van der Waals surface area contributed by atoms with Crippen molar-refractivity contribution in [2.45, 2.75) is 150 Å². The molecule has 0 aromatic heterocycles. The zero-order chi connectivity index (χ0) is 61.4. The quantitative estimate of drug-likeness (QED) is 0.0353. The third-order valence-electron chi connectivity index (χ3n) is 11.8. The molecular weight excluding hydrogens is 1120 g/mol. The van der Waals surface area contributed by atoms with Crippen LogP contribution in [0.2, 0.25) is 0 Å². The number of carboxylic acids is 3. The number of amides is 6. The van der Waals surface area contributed by atoms with Gasteiger partial charge in [-0.2, -0.15) is 0 Å². The molecular formula is C56H84Cl2FN3O20. The van der Waals surface area contributed by atoms with Gasteiger partial charge in [-0.25, -0.2) is 9.59 Å². The minimum atomic E-state index is -1.79. The first-order valence-corrected chi connectivity index (χ1v) is 25.2.